The minimum atomic E-state index is -1.20. The lowest BCUT2D eigenvalue weighted by Crippen LogP contribution is -2.59. The van der Waals surface area contributed by atoms with Gasteiger partial charge in [0.15, 0.2) is 0 Å². The summed E-state index contributed by atoms with van der Waals surface area (Å²) in [7, 11) is 0. The van der Waals surface area contributed by atoms with Gasteiger partial charge in [0.25, 0.3) is 5.91 Å². The molecule has 0 aromatic heterocycles. The van der Waals surface area contributed by atoms with Crippen molar-refractivity contribution in [2.75, 3.05) is 29.5 Å². The number of rotatable bonds is 12. The van der Waals surface area contributed by atoms with Crippen LogP contribution in [0.5, 0.6) is 0 Å². The van der Waals surface area contributed by atoms with Crippen molar-refractivity contribution >= 4 is 40.7 Å². The van der Waals surface area contributed by atoms with Crippen LogP contribution in [0.2, 0.25) is 5.02 Å². The van der Waals surface area contributed by atoms with E-state index in [9.17, 15) is 19.5 Å². The standard InChI is InChI=1S/C34H40ClN3O5/c1-5-18-36(24-10-8-7-9-11-24)31(40)28-27-16-17-34(43-27)29(28)32(41)38(26(21-39)20-22(3)4)30(34)33(42)37(19-6-2)25-14-12-23(35)13-15-25/h5-15,22,26-30,39H,1-2,16-21H2,3-4H3/t26-,27-,28+,29+,30?,34?/m1/s1. The SMILES string of the molecule is C=CCN(C(=O)C1N([C@@H](CO)CC(C)C)C(=O)[C@@H]2[C@@H](C(=O)N(CC=C)c3ccccc3)[C@H]3CCC12O3)c1ccc(Cl)cc1. The normalized spacial score (nSPS) is 26.3. The van der Waals surface area contributed by atoms with E-state index in [0.29, 0.717) is 35.7 Å². The maximum absolute atomic E-state index is 14.7. The summed E-state index contributed by atoms with van der Waals surface area (Å²) in [4.78, 5) is 48.4. The lowest BCUT2D eigenvalue weighted by molar-refractivity contribution is -0.144. The number of ether oxygens (including phenoxy) is 1. The molecule has 3 aliphatic heterocycles. The number of nitrogens with zero attached hydrogens (tertiary/aromatic N) is 3. The summed E-state index contributed by atoms with van der Waals surface area (Å²) in [6.07, 6.45) is 4.28. The third kappa shape index (κ3) is 5.41. The number of amides is 3. The molecule has 0 radical (unpaired) electrons. The fraction of sp³-hybridized carbons (Fsp3) is 0.441. The predicted molar refractivity (Wildman–Crippen MR) is 168 cm³/mol. The van der Waals surface area contributed by atoms with Crippen molar-refractivity contribution in [3.05, 3.63) is 84.9 Å². The zero-order valence-electron chi connectivity index (χ0n) is 24.8. The van der Waals surface area contributed by atoms with E-state index in [0.717, 1.165) is 0 Å². The minimum Gasteiger partial charge on any atom is -0.394 e. The first-order valence-corrected chi connectivity index (χ1v) is 15.3. The molecule has 1 N–H and O–H groups in total. The van der Waals surface area contributed by atoms with Crippen LogP contribution in [-0.4, -0.2) is 71.2 Å². The molecule has 1 spiro atoms. The first-order valence-electron chi connectivity index (χ1n) is 14.9. The molecular weight excluding hydrogens is 566 g/mol. The maximum atomic E-state index is 14.7. The Hall–Kier alpha value is -3.46. The van der Waals surface area contributed by atoms with Gasteiger partial charge in [0.05, 0.1) is 30.6 Å². The van der Waals surface area contributed by atoms with Crippen LogP contribution in [0.4, 0.5) is 11.4 Å². The number of likely N-dealkylation sites (tertiary alicyclic amines) is 1. The number of anilines is 2. The van der Waals surface area contributed by atoms with Gasteiger partial charge in [0.1, 0.15) is 11.6 Å². The molecule has 3 aliphatic rings. The molecule has 3 saturated heterocycles. The highest BCUT2D eigenvalue weighted by molar-refractivity contribution is 6.30. The zero-order valence-corrected chi connectivity index (χ0v) is 25.5. The molecule has 5 rings (SSSR count). The van der Waals surface area contributed by atoms with Crippen molar-refractivity contribution in [2.45, 2.75) is 56.9 Å². The van der Waals surface area contributed by atoms with E-state index in [1.807, 2.05) is 44.2 Å². The van der Waals surface area contributed by atoms with Crippen LogP contribution in [0, 0.1) is 17.8 Å². The molecule has 8 nitrogen and oxygen atoms in total. The Morgan fingerprint density at radius 1 is 1.05 bits per heavy atom. The molecule has 0 saturated carbocycles. The largest absolute Gasteiger partial charge is 0.394 e. The van der Waals surface area contributed by atoms with Crippen LogP contribution in [0.25, 0.3) is 0 Å². The Labute approximate surface area is 258 Å². The summed E-state index contributed by atoms with van der Waals surface area (Å²) in [5.74, 6) is -2.37. The van der Waals surface area contributed by atoms with Crippen LogP contribution in [0.3, 0.4) is 0 Å². The van der Waals surface area contributed by atoms with Gasteiger partial charge in [-0.25, -0.2) is 0 Å². The third-order valence-corrected chi connectivity index (χ3v) is 9.22. The Bertz CT molecular complexity index is 1370. The molecule has 228 valence electrons. The van der Waals surface area contributed by atoms with E-state index in [-0.39, 0.29) is 43.3 Å². The second-order valence-corrected chi connectivity index (χ2v) is 12.5. The van der Waals surface area contributed by atoms with Crippen LogP contribution in [0.1, 0.15) is 33.1 Å². The Morgan fingerprint density at radius 2 is 1.65 bits per heavy atom. The fourth-order valence-corrected chi connectivity index (χ4v) is 7.45. The van der Waals surface area contributed by atoms with Crippen molar-refractivity contribution in [3.8, 4) is 0 Å². The van der Waals surface area contributed by atoms with Gasteiger partial charge in [0, 0.05) is 29.5 Å². The number of benzene rings is 2. The molecule has 43 heavy (non-hydrogen) atoms. The van der Waals surface area contributed by atoms with Gasteiger partial charge in [-0.1, -0.05) is 55.8 Å². The molecule has 3 amide bonds. The first kappa shape index (κ1) is 31.0. The van der Waals surface area contributed by atoms with Crippen molar-refractivity contribution in [2.24, 2.45) is 17.8 Å². The number of aliphatic hydroxyl groups excluding tert-OH is 1. The summed E-state index contributed by atoms with van der Waals surface area (Å²) in [6.45, 7) is 11.9. The minimum absolute atomic E-state index is 0.148. The van der Waals surface area contributed by atoms with Crippen molar-refractivity contribution in [3.63, 3.8) is 0 Å². The van der Waals surface area contributed by atoms with Gasteiger partial charge in [-0.2, -0.15) is 0 Å². The van der Waals surface area contributed by atoms with Crippen LogP contribution < -0.4 is 9.80 Å². The highest BCUT2D eigenvalue weighted by Crippen LogP contribution is 2.59. The number of para-hydroxylation sites is 1. The lowest BCUT2D eigenvalue weighted by atomic mass is 9.70. The molecule has 2 unspecified atom stereocenters. The highest BCUT2D eigenvalue weighted by atomic mass is 35.5. The maximum Gasteiger partial charge on any atom is 0.253 e. The number of carbonyl (C=O) groups is 3. The Morgan fingerprint density at radius 3 is 2.23 bits per heavy atom. The Kier molecular flexibility index (Phi) is 9.11. The van der Waals surface area contributed by atoms with Gasteiger partial charge in [-0.3, -0.25) is 14.4 Å². The van der Waals surface area contributed by atoms with Crippen LogP contribution >= 0.6 is 11.6 Å². The molecule has 2 bridgehead atoms. The summed E-state index contributed by atoms with van der Waals surface area (Å²) in [5, 5.41) is 11.1. The molecule has 9 heteroatoms. The fourth-order valence-electron chi connectivity index (χ4n) is 7.33. The molecule has 0 aliphatic carbocycles. The van der Waals surface area contributed by atoms with E-state index in [1.165, 1.54) is 0 Å². The topological polar surface area (TPSA) is 90.4 Å². The molecule has 2 aromatic carbocycles. The summed E-state index contributed by atoms with van der Waals surface area (Å²) in [6, 6.07) is 14.6. The summed E-state index contributed by atoms with van der Waals surface area (Å²) in [5.41, 5.74) is 0.103. The summed E-state index contributed by atoms with van der Waals surface area (Å²) >= 11 is 6.15. The van der Waals surface area contributed by atoms with Crippen LogP contribution in [-0.2, 0) is 19.1 Å². The van der Waals surface area contributed by atoms with Gasteiger partial charge in [-0.15, -0.1) is 13.2 Å². The summed E-state index contributed by atoms with van der Waals surface area (Å²) < 4.78 is 6.69. The van der Waals surface area contributed by atoms with Gasteiger partial charge in [0.2, 0.25) is 11.8 Å². The van der Waals surface area contributed by atoms with Gasteiger partial charge < -0.3 is 24.5 Å². The van der Waals surface area contributed by atoms with Crippen LogP contribution in [0.15, 0.2) is 79.9 Å². The number of carbonyl (C=O) groups excluding carboxylic acids is 3. The second kappa shape index (κ2) is 12.6. The average molecular weight is 606 g/mol. The third-order valence-electron chi connectivity index (χ3n) is 8.97. The second-order valence-electron chi connectivity index (χ2n) is 12.1. The van der Waals surface area contributed by atoms with E-state index in [4.69, 9.17) is 16.3 Å². The Balaban J connectivity index is 1.60. The first-order chi connectivity index (χ1) is 20.7. The number of halogens is 1. The van der Waals surface area contributed by atoms with E-state index >= 15 is 0 Å². The van der Waals surface area contributed by atoms with Gasteiger partial charge >= 0.3 is 0 Å². The monoisotopic (exact) mass is 605 g/mol. The van der Waals surface area contributed by atoms with E-state index in [1.54, 1.807) is 51.1 Å². The average Bonchev–Trinajstić information content (AvgIpc) is 3.65. The van der Waals surface area contributed by atoms with Gasteiger partial charge in [-0.05, 0) is 61.6 Å². The molecule has 3 fully saturated rings. The molecule has 2 aromatic rings. The lowest BCUT2D eigenvalue weighted by Gasteiger charge is -2.39. The number of aliphatic hydroxyl groups is 1. The highest BCUT2D eigenvalue weighted by Gasteiger charge is 2.75. The number of hydrogen-bond donors (Lipinski definition) is 1. The van der Waals surface area contributed by atoms with E-state index in [2.05, 4.69) is 13.2 Å². The quantitative estimate of drug-likeness (QED) is 0.349. The molecular formula is C34H40ClN3O5. The molecule has 6 atom stereocenters. The zero-order chi connectivity index (χ0) is 30.9. The number of fused-ring (bicyclic) bond motifs is 1. The van der Waals surface area contributed by atoms with Crippen molar-refractivity contribution in [1.29, 1.82) is 0 Å². The predicted octanol–water partition coefficient (Wildman–Crippen LogP) is 4.86. The molecule has 3 heterocycles. The number of hydrogen-bond acceptors (Lipinski definition) is 5. The van der Waals surface area contributed by atoms with Crippen molar-refractivity contribution in [1.82, 2.24) is 4.90 Å². The smallest absolute Gasteiger partial charge is 0.253 e. The van der Waals surface area contributed by atoms with Crippen molar-refractivity contribution < 1.29 is 24.2 Å². The van der Waals surface area contributed by atoms with E-state index < -0.39 is 35.6 Å².